The van der Waals surface area contributed by atoms with Crippen LogP contribution in [0.25, 0.3) is 10.2 Å². The largest absolute Gasteiger partial charge is 0.395 e. The van der Waals surface area contributed by atoms with Gasteiger partial charge in [0.1, 0.15) is 5.52 Å². The van der Waals surface area contributed by atoms with Gasteiger partial charge in [0.05, 0.1) is 27.9 Å². The van der Waals surface area contributed by atoms with E-state index in [1.807, 2.05) is 24.1 Å². The fraction of sp³-hybridized carbons (Fsp3) is 0.231. The van der Waals surface area contributed by atoms with Gasteiger partial charge in [-0.15, -0.1) is 11.3 Å². The average molecular weight is 273 g/mol. The van der Waals surface area contributed by atoms with E-state index in [-0.39, 0.29) is 0 Å². The summed E-state index contributed by atoms with van der Waals surface area (Å²) in [6.45, 7) is 1.82. The summed E-state index contributed by atoms with van der Waals surface area (Å²) in [5.41, 5.74) is 10.5. The van der Waals surface area contributed by atoms with E-state index in [1.165, 1.54) is 0 Å². The molecule has 0 saturated heterocycles. The highest BCUT2D eigenvalue weighted by Crippen LogP contribution is 2.29. The summed E-state index contributed by atoms with van der Waals surface area (Å²) in [7, 11) is 0. The lowest BCUT2D eigenvalue weighted by Crippen LogP contribution is -2.07. The number of hydrogen-bond donors (Lipinski definition) is 2. The van der Waals surface area contributed by atoms with Crippen molar-refractivity contribution >= 4 is 32.9 Å². The number of nitrogens with one attached hydrogen (secondary N) is 1. The van der Waals surface area contributed by atoms with Crippen LogP contribution in [0.5, 0.6) is 0 Å². The Kier molecular flexibility index (Phi) is 3.33. The van der Waals surface area contributed by atoms with E-state index < -0.39 is 0 Å². The third-order valence-electron chi connectivity index (χ3n) is 3.01. The van der Waals surface area contributed by atoms with Crippen molar-refractivity contribution in [2.24, 2.45) is 0 Å². The molecule has 0 bridgehead atoms. The second-order valence-corrected chi connectivity index (χ2v) is 5.19. The molecule has 98 valence electrons. The monoisotopic (exact) mass is 273 g/mol. The van der Waals surface area contributed by atoms with E-state index >= 15 is 0 Å². The molecule has 3 N–H and O–H groups in total. The third-order valence-corrected chi connectivity index (χ3v) is 3.80. The standard InChI is InChI=1S/C13H15N5S/c14-12-10(2-3-11-13(12)17-9-19-11)16-4-1-6-18-7-5-15-8-18/h2-3,5,7-9,16H,1,4,6,14H2. The van der Waals surface area contributed by atoms with Crippen LogP contribution in [0.1, 0.15) is 6.42 Å². The van der Waals surface area contributed by atoms with Gasteiger partial charge in [-0.3, -0.25) is 0 Å². The second kappa shape index (κ2) is 5.27. The predicted molar refractivity (Wildman–Crippen MR) is 79.4 cm³/mol. The molecular weight excluding hydrogens is 258 g/mol. The number of rotatable bonds is 5. The molecule has 1 aromatic carbocycles. The highest BCUT2D eigenvalue weighted by Gasteiger charge is 2.05. The SMILES string of the molecule is Nc1c(NCCCn2ccnc2)ccc2scnc12. The first-order valence-corrected chi connectivity index (χ1v) is 7.04. The molecule has 0 fully saturated rings. The molecule has 3 aromatic rings. The number of thiazole rings is 1. The fourth-order valence-electron chi connectivity index (χ4n) is 2.01. The number of nitrogens with two attached hydrogens (primary N) is 1. The normalized spacial score (nSPS) is 10.9. The number of benzene rings is 1. The van der Waals surface area contributed by atoms with Gasteiger partial charge in [0.15, 0.2) is 0 Å². The molecule has 6 heteroatoms. The third kappa shape index (κ3) is 2.53. The summed E-state index contributed by atoms with van der Waals surface area (Å²) in [5, 5.41) is 3.36. The lowest BCUT2D eigenvalue weighted by Gasteiger charge is -2.09. The Morgan fingerprint density at radius 3 is 3.16 bits per heavy atom. The molecular formula is C13H15N5S. The summed E-state index contributed by atoms with van der Waals surface area (Å²) in [6.07, 6.45) is 6.61. The van der Waals surface area contributed by atoms with Gasteiger partial charge in [0.25, 0.3) is 0 Å². The van der Waals surface area contributed by atoms with E-state index in [2.05, 4.69) is 25.9 Å². The molecule has 2 heterocycles. The van der Waals surface area contributed by atoms with Crippen molar-refractivity contribution in [1.29, 1.82) is 0 Å². The lowest BCUT2D eigenvalue weighted by atomic mass is 10.2. The molecule has 0 radical (unpaired) electrons. The Morgan fingerprint density at radius 2 is 2.32 bits per heavy atom. The Labute approximate surface area is 115 Å². The highest BCUT2D eigenvalue weighted by molar-refractivity contribution is 7.16. The van der Waals surface area contributed by atoms with Crippen molar-refractivity contribution in [1.82, 2.24) is 14.5 Å². The highest BCUT2D eigenvalue weighted by atomic mass is 32.1. The predicted octanol–water partition coefficient (Wildman–Crippen LogP) is 2.58. The summed E-state index contributed by atoms with van der Waals surface area (Å²) in [6, 6.07) is 4.08. The number of hydrogen-bond acceptors (Lipinski definition) is 5. The van der Waals surface area contributed by atoms with Crippen LogP contribution in [-0.4, -0.2) is 21.1 Å². The molecule has 0 aliphatic heterocycles. The Hall–Kier alpha value is -2.08. The number of aryl methyl sites for hydroxylation is 1. The smallest absolute Gasteiger partial charge is 0.106 e. The van der Waals surface area contributed by atoms with Gasteiger partial charge in [-0.1, -0.05) is 0 Å². The first-order chi connectivity index (χ1) is 9.34. The van der Waals surface area contributed by atoms with Crippen molar-refractivity contribution in [3.05, 3.63) is 36.4 Å². The molecule has 19 heavy (non-hydrogen) atoms. The number of imidazole rings is 1. The van der Waals surface area contributed by atoms with Gasteiger partial charge in [0.2, 0.25) is 0 Å². The first-order valence-electron chi connectivity index (χ1n) is 6.16. The van der Waals surface area contributed by atoms with Crippen LogP contribution in [0, 0.1) is 0 Å². The molecule has 3 rings (SSSR count). The van der Waals surface area contributed by atoms with Gasteiger partial charge < -0.3 is 15.6 Å². The summed E-state index contributed by atoms with van der Waals surface area (Å²) in [5.74, 6) is 0. The van der Waals surface area contributed by atoms with Gasteiger partial charge in [0, 0.05) is 25.5 Å². The van der Waals surface area contributed by atoms with Crippen molar-refractivity contribution in [2.45, 2.75) is 13.0 Å². The van der Waals surface area contributed by atoms with Crippen molar-refractivity contribution in [2.75, 3.05) is 17.6 Å². The van der Waals surface area contributed by atoms with Crippen molar-refractivity contribution in [3.8, 4) is 0 Å². The molecule has 0 amide bonds. The van der Waals surface area contributed by atoms with Gasteiger partial charge in [-0.2, -0.15) is 0 Å². The average Bonchev–Trinajstić information content (AvgIpc) is 3.08. The van der Waals surface area contributed by atoms with Gasteiger partial charge >= 0.3 is 0 Å². The molecule has 5 nitrogen and oxygen atoms in total. The molecule has 0 unspecified atom stereocenters. The Balaban J connectivity index is 1.60. The minimum absolute atomic E-state index is 0.737. The summed E-state index contributed by atoms with van der Waals surface area (Å²) >= 11 is 1.61. The van der Waals surface area contributed by atoms with Crippen LogP contribution in [0.3, 0.4) is 0 Å². The van der Waals surface area contributed by atoms with Crippen LogP contribution >= 0.6 is 11.3 Å². The van der Waals surface area contributed by atoms with Crippen LogP contribution in [0.4, 0.5) is 11.4 Å². The summed E-state index contributed by atoms with van der Waals surface area (Å²) in [4.78, 5) is 8.31. The van der Waals surface area contributed by atoms with Gasteiger partial charge in [-0.05, 0) is 18.6 Å². The molecule has 2 aromatic heterocycles. The van der Waals surface area contributed by atoms with Crippen LogP contribution < -0.4 is 11.1 Å². The summed E-state index contributed by atoms with van der Waals surface area (Å²) < 4.78 is 3.19. The maximum atomic E-state index is 6.11. The number of fused-ring (bicyclic) bond motifs is 1. The van der Waals surface area contributed by atoms with E-state index in [4.69, 9.17) is 5.73 Å². The quantitative estimate of drug-likeness (QED) is 0.554. The van der Waals surface area contributed by atoms with Crippen LogP contribution in [0.2, 0.25) is 0 Å². The van der Waals surface area contributed by atoms with E-state index in [9.17, 15) is 0 Å². The number of nitrogen functional groups attached to an aromatic ring is 1. The van der Waals surface area contributed by atoms with Gasteiger partial charge in [-0.25, -0.2) is 9.97 Å². The topological polar surface area (TPSA) is 68.8 Å². The van der Waals surface area contributed by atoms with E-state index in [0.717, 1.165) is 41.1 Å². The van der Waals surface area contributed by atoms with Crippen LogP contribution in [0.15, 0.2) is 36.4 Å². The minimum Gasteiger partial charge on any atom is -0.395 e. The van der Waals surface area contributed by atoms with Crippen LogP contribution in [-0.2, 0) is 6.54 Å². The number of nitrogens with zero attached hydrogens (tertiary/aromatic N) is 3. The number of anilines is 2. The minimum atomic E-state index is 0.737. The molecule has 0 saturated carbocycles. The van der Waals surface area contributed by atoms with Crippen molar-refractivity contribution < 1.29 is 0 Å². The maximum absolute atomic E-state index is 6.11. The molecule has 0 spiro atoms. The fourth-order valence-corrected chi connectivity index (χ4v) is 2.70. The zero-order valence-electron chi connectivity index (χ0n) is 10.4. The Morgan fingerprint density at radius 1 is 1.37 bits per heavy atom. The Bertz CT molecular complexity index is 659. The second-order valence-electron chi connectivity index (χ2n) is 4.31. The number of aromatic nitrogens is 3. The van der Waals surface area contributed by atoms with E-state index in [1.54, 1.807) is 17.5 Å². The molecule has 0 aliphatic carbocycles. The first kappa shape index (κ1) is 12.0. The lowest BCUT2D eigenvalue weighted by molar-refractivity contribution is 0.661. The molecule has 0 atom stereocenters. The van der Waals surface area contributed by atoms with E-state index in [0.29, 0.717) is 0 Å². The maximum Gasteiger partial charge on any atom is 0.106 e. The molecule has 0 aliphatic rings. The van der Waals surface area contributed by atoms with Crippen molar-refractivity contribution in [3.63, 3.8) is 0 Å². The zero-order valence-corrected chi connectivity index (χ0v) is 11.2. The zero-order chi connectivity index (χ0) is 13.1.